The maximum Gasteiger partial charge on any atom is 0.233 e. The minimum atomic E-state index is 0.119. The number of Topliss-reactive ketones (excluding diaryl/α,β-unsaturated/α-hetero) is 1. The van der Waals surface area contributed by atoms with E-state index >= 15 is 0 Å². The van der Waals surface area contributed by atoms with E-state index in [-0.39, 0.29) is 5.78 Å². The molecule has 0 radical (unpaired) electrons. The molecule has 2 fully saturated rings. The van der Waals surface area contributed by atoms with Crippen LogP contribution in [0.1, 0.15) is 40.7 Å². The maximum atomic E-state index is 12.5. The highest BCUT2D eigenvalue weighted by Crippen LogP contribution is 2.36. The van der Waals surface area contributed by atoms with Crippen molar-refractivity contribution in [1.29, 1.82) is 0 Å². The van der Waals surface area contributed by atoms with Crippen molar-refractivity contribution in [2.45, 2.75) is 32.6 Å². The molecule has 8 heteroatoms. The number of carbonyl (C=O) groups excluding carboxylic acids is 1. The highest BCUT2D eigenvalue weighted by molar-refractivity contribution is 6.03. The number of benzene rings is 2. The number of aryl methyl sites for hydroxylation is 2. The van der Waals surface area contributed by atoms with Crippen LogP contribution in [0.5, 0.6) is 11.6 Å². The van der Waals surface area contributed by atoms with E-state index in [0.29, 0.717) is 35.2 Å². The van der Waals surface area contributed by atoms with Crippen molar-refractivity contribution in [3.8, 4) is 11.6 Å². The van der Waals surface area contributed by atoms with Crippen molar-refractivity contribution >= 4 is 34.1 Å². The van der Waals surface area contributed by atoms with Gasteiger partial charge in [-0.2, -0.15) is 9.97 Å². The second-order valence-electron chi connectivity index (χ2n) is 10.8. The Balaban J connectivity index is 1.10. The van der Waals surface area contributed by atoms with Gasteiger partial charge in [0.15, 0.2) is 5.78 Å². The lowest BCUT2D eigenvalue weighted by atomic mass is 10.1. The number of aromatic nitrogens is 3. The van der Waals surface area contributed by atoms with Crippen molar-refractivity contribution in [1.82, 2.24) is 19.9 Å². The predicted octanol–water partition coefficient (Wildman–Crippen LogP) is 5.46. The lowest BCUT2D eigenvalue weighted by Crippen LogP contribution is -2.47. The number of nitrogens with one attached hydrogen (secondary N) is 2. The molecule has 0 spiro atoms. The number of hydrogen-bond acceptors (Lipinski definition) is 7. The molecule has 2 aromatic heterocycles. The van der Waals surface area contributed by atoms with Crippen LogP contribution in [0.4, 0.5) is 17.3 Å². The van der Waals surface area contributed by atoms with Gasteiger partial charge in [-0.05, 0) is 73.6 Å². The maximum absolute atomic E-state index is 12.5. The van der Waals surface area contributed by atoms with E-state index in [1.807, 2.05) is 30.5 Å². The Labute approximate surface area is 222 Å². The molecular formula is C30H32N6O2. The molecular weight excluding hydrogens is 476 g/mol. The second kappa shape index (κ2) is 9.44. The summed E-state index contributed by atoms with van der Waals surface area (Å²) in [7, 11) is 0. The molecule has 1 saturated heterocycles. The summed E-state index contributed by atoms with van der Waals surface area (Å²) in [5.74, 6) is 2.48. The lowest BCUT2D eigenvalue weighted by molar-refractivity contribution is 0.0992. The number of ketones is 1. The van der Waals surface area contributed by atoms with Gasteiger partial charge in [-0.1, -0.05) is 12.1 Å². The Morgan fingerprint density at radius 3 is 2.74 bits per heavy atom. The van der Waals surface area contributed by atoms with Gasteiger partial charge in [0.05, 0.1) is 10.9 Å². The van der Waals surface area contributed by atoms with E-state index in [4.69, 9.17) is 9.72 Å². The molecule has 38 heavy (non-hydrogen) atoms. The van der Waals surface area contributed by atoms with Gasteiger partial charge in [-0.25, -0.2) is 0 Å². The number of piperazine rings is 1. The van der Waals surface area contributed by atoms with Crippen LogP contribution < -0.4 is 15.0 Å². The highest BCUT2D eigenvalue weighted by Gasteiger charge is 2.27. The Morgan fingerprint density at radius 2 is 1.92 bits per heavy atom. The quantitative estimate of drug-likeness (QED) is 0.343. The Hall–Kier alpha value is -3.91. The van der Waals surface area contributed by atoms with Crippen LogP contribution in [-0.4, -0.2) is 58.4 Å². The fourth-order valence-electron chi connectivity index (χ4n) is 5.76. The van der Waals surface area contributed by atoms with Crippen molar-refractivity contribution in [2.75, 3.05) is 42.9 Å². The SMILES string of the molecule is Cc1cc(Nc2nc(Oc3cccc4c3C(=O)CC4)c3cc[nH]c3n2)ccc1N1CCN(CC2CC2)CC1. The molecule has 0 unspecified atom stereocenters. The highest BCUT2D eigenvalue weighted by atomic mass is 16.5. The van der Waals surface area contributed by atoms with E-state index in [1.165, 1.54) is 30.6 Å². The van der Waals surface area contributed by atoms with Gasteiger partial charge in [-0.3, -0.25) is 9.69 Å². The van der Waals surface area contributed by atoms with Gasteiger partial charge < -0.3 is 19.9 Å². The molecule has 1 saturated carbocycles. The van der Waals surface area contributed by atoms with Crippen LogP contribution in [0.25, 0.3) is 11.0 Å². The molecule has 2 N–H and O–H groups in total. The number of ether oxygens (including phenoxy) is 1. The largest absolute Gasteiger partial charge is 0.437 e. The summed E-state index contributed by atoms with van der Waals surface area (Å²) in [6, 6.07) is 14.1. The number of nitrogens with zero attached hydrogens (tertiary/aromatic N) is 4. The third-order valence-corrected chi connectivity index (χ3v) is 7.98. The topological polar surface area (TPSA) is 86.4 Å². The van der Waals surface area contributed by atoms with Crippen LogP contribution >= 0.6 is 0 Å². The van der Waals surface area contributed by atoms with Gasteiger partial charge in [-0.15, -0.1) is 0 Å². The summed E-state index contributed by atoms with van der Waals surface area (Å²) in [6.45, 7) is 7.85. The molecule has 2 aromatic carbocycles. The fraction of sp³-hybridized carbons (Fsp3) is 0.367. The third-order valence-electron chi connectivity index (χ3n) is 7.98. The number of carbonyl (C=O) groups is 1. The summed E-state index contributed by atoms with van der Waals surface area (Å²) in [5.41, 5.74) is 5.81. The first kappa shape index (κ1) is 23.2. The first-order chi connectivity index (χ1) is 18.6. The normalized spacial score (nSPS) is 17.7. The molecule has 0 atom stereocenters. The fourth-order valence-corrected chi connectivity index (χ4v) is 5.76. The molecule has 0 amide bonds. The van der Waals surface area contributed by atoms with Crippen LogP contribution in [0.3, 0.4) is 0 Å². The van der Waals surface area contributed by atoms with Crippen molar-refractivity contribution in [3.05, 3.63) is 65.4 Å². The Morgan fingerprint density at radius 1 is 1.05 bits per heavy atom. The van der Waals surface area contributed by atoms with E-state index in [9.17, 15) is 4.79 Å². The zero-order valence-electron chi connectivity index (χ0n) is 21.7. The van der Waals surface area contributed by atoms with Gasteiger partial charge in [0.2, 0.25) is 11.8 Å². The average molecular weight is 509 g/mol. The third kappa shape index (κ3) is 4.49. The minimum absolute atomic E-state index is 0.119. The summed E-state index contributed by atoms with van der Waals surface area (Å²) < 4.78 is 6.26. The molecule has 4 aromatic rings. The predicted molar refractivity (Wildman–Crippen MR) is 149 cm³/mol. The Bertz CT molecular complexity index is 1520. The Kier molecular flexibility index (Phi) is 5.77. The number of fused-ring (bicyclic) bond motifs is 2. The summed E-state index contributed by atoms with van der Waals surface area (Å²) >= 11 is 0. The van der Waals surface area contributed by atoms with E-state index in [2.05, 4.69) is 50.2 Å². The average Bonchev–Trinajstić information content (AvgIpc) is 3.45. The monoisotopic (exact) mass is 508 g/mol. The number of rotatable bonds is 7. The van der Waals surface area contributed by atoms with Crippen LogP contribution in [0.15, 0.2) is 48.7 Å². The van der Waals surface area contributed by atoms with Gasteiger partial charge >= 0.3 is 0 Å². The molecule has 194 valence electrons. The molecule has 1 aliphatic heterocycles. The molecule has 8 nitrogen and oxygen atoms in total. The molecule has 2 aliphatic carbocycles. The number of aromatic amines is 1. The van der Waals surface area contributed by atoms with Gasteiger partial charge in [0.25, 0.3) is 0 Å². The van der Waals surface area contributed by atoms with Crippen molar-refractivity contribution < 1.29 is 9.53 Å². The van der Waals surface area contributed by atoms with Crippen LogP contribution in [0.2, 0.25) is 0 Å². The number of H-pyrrole nitrogens is 1. The standard InChI is InChI=1S/C30H32N6O2/c1-19-17-22(8-9-24(19)36-15-13-35(14-16-36)18-20-5-6-20)32-30-33-28-23(11-12-31-28)29(34-30)38-26-4-2-3-21-7-10-25(37)27(21)26/h2-4,8-9,11-12,17,20H,5-7,10,13-16,18H2,1H3,(H2,31,32,33,34). The van der Waals surface area contributed by atoms with Crippen LogP contribution in [0, 0.1) is 12.8 Å². The number of hydrogen-bond donors (Lipinski definition) is 2. The van der Waals surface area contributed by atoms with Crippen molar-refractivity contribution in [2.24, 2.45) is 5.92 Å². The molecule has 3 aliphatic rings. The zero-order valence-corrected chi connectivity index (χ0v) is 21.7. The molecule has 7 rings (SSSR count). The first-order valence-corrected chi connectivity index (χ1v) is 13.6. The second-order valence-corrected chi connectivity index (χ2v) is 10.8. The lowest BCUT2D eigenvalue weighted by Gasteiger charge is -2.37. The van der Waals surface area contributed by atoms with Crippen molar-refractivity contribution in [3.63, 3.8) is 0 Å². The summed E-state index contributed by atoms with van der Waals surface area (Å²) in [5, 5.41) is 4.13. The van der Waals surface area contributed by atoms with Gasteiger partial charge in [0.1, 0.15) is 11.4 Å². The number of anilines is 3. The van der Waals surface area contributed by atoms with E-state index in [1.54, 1.807) is 0 Å². The van der Waals surface area contributed by atoms with E-state index in [0.717, 1.165) is 55.2 Å². The van der Waals surface area contributed by atoms with Crippen LogP contribution in [-0.2, 0) is 6.42 Å². The smallest absolute Gasteiger partial charge is 0.233 e. The minimum Gasteiger partial charge on any atom is -0.437 e. The first-order valence-electron chi connectivity index (χ1n) is 13.6. The zero-order chi connectivity index (χ0) is 25.6. The van der Waals surface area contributed by atoms with E-state index < -0.39 is 0 Å². The van der Waals surface area contributed by atoms with Gasteiger partial charge in [0, 0.05) is 56.7 Å². The molecule has 0 bridgehead atoms. The summed E-state index contributed by atoms with van der Waals surface area (Å²) in [6.07, 6.45) is 5.93. The molecule has 3 heterocycles. The summed E-state index contributed by atoms with van der Waals surface area (Å²) in [4.78, 5) is 30.1.